The van der Waals surface area contributed by atoms with Gasteiger partial charge in [0.15, 0.2) is 5.78 Å². The number of nitrogen functional groups attached to an aromatic ring is 1. The maximum absolute atomic E-state index is 12.6. The van der Waals surface area contributed by atoms with Crippen LogP contribution in [0.4, 0.5) is 11.6 Å². The molecule has 0 saturated heterocycles. The molecule has 0 aliphatic rings. The quantitative estimate of drug-likeness (QED) is 0.460. The van der Waals surface area contributed by atoms with Crippen molar-refractivity contribution in [2.24, 2.45) is 0 Å². The minimum Gasteiger partial charge on any atom is -0.384 e. The molecule has 0 aliphatic heterocycles. The van der Waals surface area contributed by atoms with E-state index in [-0.39, 0.29) is 43.5 Å². The van der Waals surface area contributed by atoms with Crippen LogP contribution >= 0.6 is 0 Å². The van der Waals surface area contributed by atoms with Crippen molar-refractivity contribution in [1.29, 1.82) is 0 Å². The van der Waals surface area contributed by atoms with Crippen LogP contribution in [0.2, 0.25) is 0 Å². The van der Waals surface area contributed by atoms with Gasteiger partial charge in [-0.05, 0) is 31.7 Å². The minimum atomic E-state index is -0.868. The lowest BCUT2D eigenvalue weighted by Gasteiger charge is -2.16. The summed E-state index contributed by atoms with van der Waals surface area (Å²) in [6, 6.07) is 3.51. The number of nitrogens with two attached hydrogens (primary N) is 1. The minimum absolute atomic E-state index is 0.0833. The molecule has 0 radical (unpaired) electrons. The predicted molar refractivity (Wildman–Crippen MR) is 107 cm³/mol. The van der Waals surface area contributed by atoms with Crippen LogP contribution in [0.15, 0.2) is 27.9 Å². The largest absolute Gasteiger partial charge is 0.384 e. The number of ether oxygens (including phenoxy) is 1. The molecule has 29 heavy (non-hydrogen) atoms. The molecule has 2 aromatic rings. The number of pyridine rings is 1. The number of H-pyrrole nitrogens is 1. The normalized spacial score (nSPS) is 10.9. The Bertz CT molecular complexity index is 1010. The van der Waals surface area contributed by atoms with Crippen LogP contribution in [0.1, 0.15) is 15.9 Å². The highest BCUT2D eigenvalue weighted by atomic mass is 16.5. The number of carbonyl (C=O) groups is 2. The van der Waals surface area contributed by atoms with Crippen LogP contribution in [-0.4, -0.2) is 65.0 Å². The molecule has 4 N–H and O–H groups in total. The van der Waals surface area contributed by atoms with Gasteiger partial charge in [-0.1, -0.05) is 0 Å². The number of rotatable bonds is 9. The summed E-state index contributed by atoms with van der Waals surface area (Å²) < 4.78 is 5.96. The molecular weight excluding hydrogens is 380 g/mol. The SMILES string of the molecule is COCCn1c(N)c(C(=O)CN(C)CC(=O)Nc2cc(C)ccn2)c(=O)[nH]c1=O. The van der Waals surface area contributed by atoms with Gasteiger partial charge >= 0.3 is 5.69 Å². The highest BCUT2D eigenvalue weighted by Crippen LogP contribution is 2.07. The number of hydrogen-bond donors (Lipinski definition) is 3. The van der Waals surface area contributed by atoms with Gasteiger partial charge in [0, 0.05) is 13.3 Å². The molecule has 0 aliphatic carbocycles. The van der Waals surface area contributed by atoms with E-state index in [1.54, 1.807) is 25.4 Å². The predicted octanol–water partition coefficient (Wildman–Crippen LogP) is -0.778. The molecule has 2 aromatic heterocycles. The van der Waals surface area contributed by atoms with E-state index in [4.69, 9.17) is 10.5 Å². The van der Waals surface area contributed by atoms with E-state index in [0.717, 1.165) is 10.1 Å². The van der Waals surface area contributed by atoms with Crippen molar-refractivity contribution in [3.8, 4) is 0 Å². The van der Waals surface area contributed by atoms with Crippen LogP contribution in [-0.2, 0) is 16.1 Å². The topological polar surface area (TPSA) is 152 Å². The number of hydrogen-bond acceptors (Lipinski definition) is 8. The first-order valence-electron chi connectivity index (χ1n) is 8.78. The second-order valence-electron chi connectivity index (χ2n) is 6.53. The Labute approximate surface area is 166 Å². The third-order valence-electron chi connectivity index (χ3n) is 4.05. The first-order chi connectivity index (χ1) is 13.7. The van der Waals surface area contributed by atoms with Gasteiger partial charge in [-0.25, -0.2) is 9.78 Å². The van der Waals surface area contributed by atoms with Gasteiger partial charge in [-0.3, -0.25) is 28.8 Å². The lowest BCUT2D eigenvalue weighted by Crippen LogP contribution is -2.40. The van der Waals surface area contributed by atoms with Gasteiger partial charge < -0.3 is 15.8 Å². The fourth-order valence-corrected chi connectivity index (χ4v) is 2.67. The maximum atomic E-state index is 12.6. The van der Waals surface area contributed by atoms with Crippen LogP contribution in [0.3, 0.4) is 0 Å². The summed E-state index contributed by atoms with van der Waals surface area (Å²) in [4.78, 5) is 56.3. The van der Waals surface area contributed by atoms with Gasteiger partial charge in [0.1, 0.15) is 17.2 Å². The number of ketones is 1. The van der Waals surface area contributed by atoms with E-state index in [2.05, 4.69) is 15.3 Å². The summed E-state index contributed by atoms with van der Waals surface area (Å²) >= 11 is 0. The molecule has 11 nitrogen and oxygen atoms in total. The number of Topliss-reactive ketones (excluding diaryl/α,β-unsaturated/α-hetero) is 1. The second kappa shape index (κ2) is 9.75. The number of methoxy groups -OCH3 is 1. The fourth-order valence-electron chi connectivity index (χ4n) is 2.67. The van der Waals surface area contributed by atoms with Gasteiger partial charge in [0.05, 0.1) is 26.2 Å². The molecule has 2 heterocycles. The van der Waals surface area contributed by atoms with Gasteiger partial charge in [-0.15, -0.1) is 0 Å². The van der Waals surface area contributed by atoms with Crippen molar-refractivity contribution < 1.29 is 14.3 Å². The molecule has 11 heteroatoms. The standard InChI is InChI=1S/C18H24N6O5/c1-11-4-5-20-13(8-11)21-14(26)10-23(2)9-12(25)15-16(19)24(6-7-29-3)18(28)22-17(15)27/h4-5,8H,6-7,9-10,19H2,1-3H3,(H,20,21,26)(H,22,27,28). The van der Waals surface area contributed by atoms with Crippen molar-refractivity contribution in [2.75, 3.05) is 44.9 Å². The Hall–Kier alpha value is -3.31. The lowest BCUT2D eigenvalue weighted by atomic mass is 10.2. The monoisotopic (exact) mass is 404 g/mol. The number of carbonyl (C=O) groups excluding carboxylic acids is 2. The molecule has 0 aromatic carbocycles. The van der Waals surface area contributed by atoms with E-state index in [0.29, 0.717) is 5.82 Å². The zero-order valence-electron chi connectivity index (χ0n) is 16.5. The molecular formula is C18H24N6O5. The maximum Gasteiger partial charge on any atom is 0.330 e. The molecule has 0 fully saturated rings. The molecule has 0 saturated carbocycles. The number of aryl methyl sites for hydroxylation is 1. The zero-order valence-corrected chi connectivity index (χ0v) is 16.5. The Kier molecular flexibility index (Phi) is 7.39. The van der Waals surface area contributed by atoms with Crippen LogP contribution in [0.5, 0.6) is 0 Å². The highest BCUT2D eigenvalue weighted by Gasteiger charge is 2.21. The number of nitrogens with zero attached hydrogens (tertiary/aromatic N) is 3. The molecule has 1 amide bonds. The summed E-state index contributed by atoms with van der Waals surface area (Å²) in [5, 5.41) is 2.63. The van der Waals surface area contributed by atoms with Gasteiger partial charge in [-0.2, -0.15) is 0 Å². The Morgan fingerprint density at radius 2 is 2.07 bits per heavy atom. The van der Waals surface area contributed by atoms with Gasteiger partial charge in [0.2, 0.25) is 5.91 Å². The van der Waals surface area contributed by atoms with Crippen molar-refractivity contribution >= 4 is 23.3 Å². The van der Waals surface area contributed by atoms with Crippen molar-refractivity contribution in [2.45, 2.75) is 13.5 Å². The van der Waals surface area contributed by atoms with Crippen molar-refractivity contribution in [3.05, 3.63) is 50.3 Å². The van der Waals surface area contributed by atoms with Crippen LogP contribution in [0, 0.1) is 6.92 Å². The van der Waals surface area contributed by atoms with Gasteiger partial charge in [0.25, 0.3) is 5.56 Å². The average molecular weight is 404 g/mol. The first kappa shape index (κ1) is 22.0. The number of anilines is 2. The summed E-state index contributed by atoms with van der Waals surface area (Å²) in [7, 11) is 3.00. The Balaban J connectivity index is 2.08. The summed E-state index contributed by atoms with van der Waals surface area (Å²) in [5.74, 6) is -0.813. The van der Waals surface area contributed by atoms with E-state index in [1.165, 1.54) is 12.0 Å². The summed E-state index contributed by atoms with van der Waals surface area (Å²) in [5.41, 5.74) is 4.91. The van der Waals surface area contributed by atoms with Crippen LogP contribution < -0.4 is 22.3 Å². The summed E-state index contributed by atoms with van der Waals surface area (Å²) in [6.45, 7) is 1.78. The third kappa shape index (κ3) is 5.83. The van der Waals surface area contributed by atoms with Crippen molar-refractivity contribution in [3.63, 3.8) is 0 Å². The fraction of sp³-hybridized carbons (Fsp3) is 0.389. The average Bonchev–Trinajstić information content (AvgIpc) is 2.60. The van der Waals surface area contributed by atoms with E-state index >= 15 is 0 Å². The first-order valence-corrected chi connectivity index (χ1v) is 8.78. The number of aromatic amines is 1. The zero-order chi connectivity index (χ0) is 21.6. The van der Waals surface area contributed by atoms with E-state index in [9.17, 15) is 19.2 Å². The molecule has 2 rings (SSSR count). The molecule has 0 bridgehead atoms. The molecule has 0 unspecified atom stereocenters. The van der Waals surface area contributed by atoms with Crippen LogP contribution in [0.25, 0.3) is 0 Å². The van der Waals surface area contributed by atoms with E-state index in [1.807, 2.05) is 6.92 Å². The number of nitrogens with one attached hydrogen (secondary N) is 2. The Morgan fingerprint density at radius 1 is 1.34 bits per heavy atom. The third-order valence-corrected chi connectivity index (χ3v) is 4.05. The van der Waals surface area contributed by atoms with E-state index < -0.39 is 17.0 Å². The second-order valence-corrected chi connectivity index (χ2v) is 6.53. The summed E-state index contributed by atoms with van der Waals surface area (Å²) in [6.07, 6.45) is 1.58. The number of amides is 1. The van der Waals surface area contributed by atoms with Crippen molar-refractivity contribution in [1.82, 2.24) is 19.4 Å². The highest BCUT2D eigenvalue weighted by molar-refractivity contribution is 6.01. The molecule has 0 atom stereocenters. The number of aromatic nitrogens is 3. The Morgan fingerprint density at radius 3 is 2.72 bits per heavy atom. The smallest absolute Gasteiger partial charge is 0.330 e. The molecule has 0 spiro atoms. The lowest BCUT2D eigenvalue weighted by molar-refractivity contribution is -0.116. The molecule has 156 valence electrons. The number of likely N-dealkylation sites (N-methyl/N-ethyl adjacent to an activating group) is 1.